The molecule has 0 aliphatic carbocycles. The fraction of sp³-hybridized carbons (Fsp3) is 0.231. The van der Waals surface area contributed by atoms with Crippen LogP contribution in [0.3, 0.4) is 0 Å². The highest BCUT2D eigenvalue weighted by Gasteiger charge is 2.13. The van der Waals surface area contributed by atoms with Gasteiger partial charge in [0, 0.05) is 6.07 Å². The first-order valence-electron chi connectivity index (χ1n) is 5.49. The van der Waals surface area contributed by atoms with Crippen LogP contribution in [0.25, 0.3) is 0 Å². The summed E-state index contributed by atoms with van der Waals surface area (Å²) >= 11 is 0. The quantitative estimate of drug-likeness (QED) is 0.899. The van der Waals surface area contributed by atoms with Crippen molar-refractivity contribution >= 4 is 5.97 Å². The number of aryl methyl sites for hydroxylation is 1. The first-order valence-corrected chi connectivity index (χ1v) is 5.49. The number of carbonyl (C=O) groups is 1. The Hall–Kier alpha value is -2.30. The highest BCUT2D eigenvalue weighted by Crippen LogP contribution is 2.22. The van der Waals surface area contributed by atoms with E-state index in [1.165, 1.54) is 12.1 Å². The van der Waals surface area contributed by atoms with Gasteiger partial charge in [0.25, 0.3) is 0 Å². The second-order valence-electron chi connectivity index (χ2n) is 3.96. The Morgan fingerprint density at radius 3 is 2.56 bits per heavy atom. The Balaban J connectivity index is 2.07. The molecule has 1 heterocycles. The Kier molecular flexibility index (Phi) is 3.32. The summed E-state index contributed by atoms with van der Waals surface area (Å²) < 4.78 is 10.7. The number of benzene rings is 1. The lowest BCUT2D eigenvalue weighted by Gasteiger charge is -2.11. The van der Waals surface area contributed by atoms with E-state index < -0.39 is 5.97 Å². The number of hydrogen-bond acceptors (Lipinski definition) is 4. The van der Waals surface area contributed by atoms with Gasteiger partial charge in [-0.2, -0.15) is 0 Å². The number of carboxylic acid groups (broad SMARTS) is 1. The van der Waals surface area contributed by atoms with Gasteiger partial charge < -0.3 is 14.4 Å². The molecule has 0 saturated carbocycles. The van der Waals surface area contributed by atoms with Crippen molar-refractivity contribution in [3.05, 3.63) is 47.3 Å². The summed E-state index contributed by atoms with van der Waals surface area (Å²) in [5.41, 5.74) is 1.02. The molecule has 1 atom stereocenters. The zero-order valence-corrected chi connectivity index (χ0v) is 10.1. The summed E-state index contributed by atoms with van der Waals surface area (Å²) in [4.78, 5) is 10.7. The van der Waals surface area contributed by atoms with Crippen LogP contribution < -0.4 is 4.74 Å². The van der Waals surface area contributed by atoms with E-state index in [4.69, 9.17) is 14.4 Å². The maximum Gasteiger partial charge on any atom is 0.335 e. The van der Waals surface area contributed by atoms with Crippen LogP contribution >= 0.6 is 0 Å². The van der Waals surface area contributed by atoms with E-state index in [0.29, 0.717) is 11.5 Å². The molecule has 5 nitrogen and oxygen atoms in total. The molecule has 94 valence electrons. The minimum atomic E-state index is -0.958. The lowest BCUT2D eigenvalue weighted by molar-refractivity contribution is 0.0697. The molecule has 18 heavy (non-hydrogen) atoms. The van der Waals surface area contributed by atoms with Crippen LogP contribution in [-0.4, -0.2) is 16.2 Å². The molecule has 0 saturated heterocycles. The van der Waals surface area contributed by atoms with E-state index in [0.717, 1.165) is 5.69 Å². The molecule has 0 aliphatic heterocycles. The zero-order valence-electron chi connectivity index (χ0n) is 10.1. The largest absolute Gasteiger partial charge is 0.483 e. The van der Waals surface area contributed by atoms with Crippen molar-refractivity contribution in [2.45, 2.75) is 20.0 Å². The lowest BCUT2D eigenvalue weighted by atomic mass is 10.2. The fourth-order valence-electron chi connectivity index (χ4n) is 1.51. The average molecular weight is 247 g/mol. The van der Waals surface area contributed by atoms with Gasteiger partial charge in [0.2, 0.25) is 0 Å². The SMILES string of the molecule is Cc1cc(C(C)Oc2ccc(C(=O)O)cc2)on1. The van der Waals surface area contributed by atoms with Crippen molar-refractivity contribution in [1.29, 1.82) is 0 Å². The van der Waals surface area contributed by atoms with Crippen LogP contribution in [0, 0.1) is 6.92 Å². The predicted molar refractivity (Wildman–Crippen MR) is 63.7 cm³/mol. The number of aromatic nitrogens is 1. The van der Waals surface area contributed by atoms with Gasteiger partial charge in [0.05, 0.1) is 11.3 Å². The Morgan fingerprint density at radius 2 is 2.06 bits per heavy atom. The highest BCUT2D eigenvalue weighted by atomic mass is 16.5. The number of hydrogen-bond donors (Lipinski definition) is 1. The maximum absolute atomic E-state index is 10.7. The van der Waals surface area contributed by atoms with E-state index in [-0.39, 0.29) is 11.7 Å². The van der Waals surface area contributed by atoms with Crippen molar-refractivity contribution in [2.24, 2.45) is 0 Å². The average Bonchev–Trinajstić information content (AvgIpc) is 2.76. The molecular formula is C13H13NO4. The number of carboxylic acids is 1. The molecule has 0 aliphatic rings. The van der Waals surface area contributed by atoms with Crippen LogP contribution in [0.15, 0.2) is 34.9 Å². The first-order chi connectivity index (χ1) is 8.56. The van der Waals surface area contributed by atoms with Gasteiger partial charge in [0.15, 0.2) is 11.9 Å². The molecule has 0 fully saturated rings. The Morgan fingerprint density at radius 1 is 1.39 bits per heavy atom. The molecule has 0 spiro atoms. The second kappa shape index (κ2) is 4.91. The molecule has 0 amide bonds. The molecule has 2 aromatic rings. The topological polar surface area (TPSA) is 72.6 Å². The van der Waals surface area contributed by atoms with Crippen LogP contribution in [0.4, 0.5) is 0 Å². The molecule has 1 aromatic heterocycles. The van der Waals surface area contributed by atoms with Gasteiger partial charge in [-0.1, -0.05) is 5.16 Å². The van der Waals surface area contributed by atoms with Crippen molar-refractivity contribution in [3.63, 3.8) is 0 Å². The summed E-state index contributed by atoms with van der Waals surface area (Å²) in [6.07, 6.45) is -0.276. The molecule has 1 unspecified atom stereocenters. The predicted octanol–water partition coefficient (Wildman–Crippen LogP) is 2.82. The van der Waals surface area contributed by atoms with Crippen molar-refractivity contribution < 1.29 is 19.2 Å². The normalized spacial score (nSPS) is 12.1. The fourth-order valence-corrected chi connectivity index (χ4v) is 1.51. The van der Waals surface area contributed by atoms with Crippen molar-refractivity contribution in [3.8, 4) is 5.75 Å². The van der Waals surface area contributed by atoms with Crippen LogP contribution in [-0.2, 0) is 0 Å². The second-order valence-corrected chi connectivity index (χ2v) is 3.96. The van der Waals surface area contributed by atoms with Crippen LogP contribution in [0.2, 0.25) is 0 Å². The number of nitrogens with zero attached hydrogens (tertiary/aromatic N) is 1. The standard InChI is InChI=1S/C13H13NO4/c1-8-7-12(18-14-8)9(2)17-11-5-3-10(4-6-11)13(15)16/h3-7,9H,1-2H3,(H,15,16). The first kappa shape index (κ1) is 12.2. The van der Waals surface area contributed by atoms with Crippen LogP contribution in [0.1, 0.15) is 34.8 Å². The Bertz CT molecular complexity index is 544. The van der Waals surface area contributed by atoms with E-state index in [9.17, 15) is 4.79 Å². The van der Waals surface area contributed by atoms with Crippen molar-refractivity contribution in [2.75, 3.05) is 0 Å². The molecule has 1 N–H and O–H groups in total. The minimum absolute atomic E-state index is 0.227. The van der Waals surface area contributed by atoms with Crippen molar-refractivity contribution in [1.82, 2.24) is 5.16 Å². The molecule has 0 radical (unpaired) electrons. The third-order valence-electron chi connectivity index (χ3n) is 2.46. The highest BCUT2D eigenvalue weighted by molar-refractivity contribution is 5.87. The summed E-state index contributed by atoms with van der Waals surface area (Å²) in [6.45, 7) is 3.67. The molecule has 5 heteroatoms. The van der Waals surface area contributed by atoms with Gasteiger partial charge >= 0.3 is 5.97 Å². The molecular weight excluding hydrogens is 234 g/mol. The minimum Gasteiger partial charge on any atom is -0.483 e. The van der Waals surface area contributed by atoms with Gasteiger partial charge in [-0.15, -0.1) is 0 Å². The monoisotopic (exact) mass is 247 g/mol. The van der Waals surface area contributed by atoms with Gasteiger partial charge in [-0.25, -0.2) is 4.79 Å². The summed E-state index contributed by atoms with van der Waals surface area (Å²) in [5, 5.41) is 12.6. The van der Waals surface area contributed by atoms with E-state index in [1.807, 2.05) is 13.8 Å². The van der Waals surface area contributed by atoms with Gasteiger partial charge in [0.1, 0.15) is 5.75 Å². The van der Waals surface area contributed by atoms with E-state index in [2.05, 4.69) is 5.16 Å². The summed E-state index contributed by atoms with van der Waals surface area (Å²) in [6, 6.07) is 8.02. The zero-order chi connectivity index (χ0) is 13.1. The van der Waals surface area contributed by atoms with Gasteiger partial charge in [-0.3, -0.25) is 0 Å². The third kappa shape index (κ3) is 2.68. The van der Waals surface area contributed by atoms with Gasteiger partial charge in [-0.05, 0) is 38.1 Å². The third-order valence-corrected chi connectivity index (χ3v) is 2.46. The van der Waals surface area contributed by atoms with E-state index in [1.54, 1.807) is 18.2 Å². The Labute approximate surface area is 104 Å². The summed E-state index contributed by atoms with van der Waals surface area (Å²) in [7, 11) is 0. The van der Waals surface area contributed by atoms with Crippen LogP contribution in [0.5, 0.6) is 5.75 Å². The maximum atomic E-state index is 10.7. The number of rotatable bonds is 4. The molecule has 1 aromatic carbocycles. The smallest absolute Gasteiger partial charge is 0.335 e. The number of ether oxygens (including phenoxy) is 1. The lowest BCUT2D eigenvalue weighted by Crippen LogP contribution is -2.02. The summed E-state index contributed by atoms with van der Waals surface area (Å²) in [5.74, 6) is 0.261. The van der Waals surface area contributed by atoms with E-state index >= 15 is 0 Å². The number of aromatic carboxylic acids is 1. The molecule has 0 bridgehead atoms. The molecule has 2 rings (SSSR count).